The second kappa shape index (κ2) is 7.76. The van der Waals surface area contributed by atoms with Crippen molar-refractivity contribution < 1.29 is 18.3 Å². The van der Waals surface area contributed by atoms with Gasteiger partial charge in [0.1, 0.15) is 17.1 Å². The topological polar surface area (TPSA) is 58.8 Å². The number of piperidine rings is 2. The highest BCUT2D eigenvalue weighted by Gasteiger charge is 2.44. The van der Waals surface area contributed by atoms with Crippen LogP contribution in [0.4, 0.5) is 25.0 Å². The van der Waals surface area contributed by atoms with Crippen LogP contribution < -0.4 is 10.6 Å². The van der Waals surface area contributed by atoms with Crippen LogP contribution in [0.15, 0.2) is 18.2 Å². The Balaban J connectivity index is 1.54. The molecule has 28 heavy (non-hydrogen) atoms. The number of nitrogen functional groups attached to an aromatic ring is 1. The summed E-state index contributed by atoms with van der Waals surface area (Å²) in [7, 11) is 0. The summed E-state index contributed by atoms with van der Waals surface area (Å²) in [6.07, 6.45) is 1.63. The number of carbonyl (C=O) groups excluding carboxylic acids is 1. The van der Waals surface area contributed by atoms with Gasteiger partial charge >= 0.3 is 6.09 Å². The molecule has 2 heterocycles. The van der Waals surface area contributed by atoms with Crippen LogP contribution in [0.2, 0.25) is 0 Å². The number of hydrogen-bond acceptors (Lipinski definition) is 4. The Morgan fingerprint density at radius 2 is 1.79 bits per heavy atom. The van der Waals surface area contributed by atoms with Crippen LogP contribution in [0, 0.1) is 11.7 Å². The number of hydrogen-bond donors (Lipinski definition) is 1. The Kier molecular flexibility index (Phi) is 5.73. The lowest BCUT2D eigenvalue weighted by Gasteiger charge is -2.44. The van der Waals surface area contributed by atoms with Crippen molar-refractivity contribution >= 4 is 17.5 Å². The standard InChI is InChI=1S/C21H31F2N3O2/c1-20(2,3)28-19(27)26-12-8-21(23,9-13-26)15-6-10-25(11-7-15)18-5-4-16(24)14-17(18)22/h4-5,14-15H,6-13,24H2,1-3H3. The lowest BCUT2D eigenvalue weighted by molar-refractivity contribution is -0.0199. The van der Waals surface area contributed by atoms with Crippen LogP contribution in [0.1, 0.15) is 46.5 Å². The van der Waals surface area contributed by atoms with E-state index in [0.29, 0.717) is 63.2 Å². The van der Waals surface area contributed by atoms with Gasteiger partial charge in [-0.3, -0.25) is 0 Å². The number of likely N-dealkylation sites (tertiary alicyclic amines) is 1. The molecule has 2 aliphatic rings. The fraction of sp³-hybridized carbons (Fsp3) is 0.667. The Morgan fingerprint density at radius 1 is 1.18 bits per heavy atom. The quantitative estimate of drug-likeness (QED) is 0.756. The van der Waals surface area contributed by atoms with Crippen molar-refractivity contribution in [2.45, 2.75) is 57.7 Å². The van der Waals surface area contributed by atoms with Crippen molar-refractivity contribution in [1.82, 2.24) is 4.90 Å². The highest BCUT2D eigenvalue weighted by molar-refractivity contribution is 5.68. The van der Waals surface area contributed by atoms with E-state index in [-0.39, 0.29) is 17.8 Å². The molecular formula is C21H31F2N3O2. The van der Waals surface area contributed by atoms with E-state index in [1.807, 2.05) is 25.7 Å². The Labute approximate surface area is 165 Å². The molecule has 0 aliphatic carbocycles. The monoisotopic (exact) mass is 395 g/mol. The van der Waals surface area contributed by atoms with E-state index < -0.39 is 11.3 Å². The highest BCUT2D eigenvalue weighted by Crippen LogP contribution is 2.40. The van der Waals surface area contributed by atoms with Crippen molar-refractivity contribution in [3.05, 3.63) is 24.0 Å². The normalized spacial score (nSPS) is 20.9. The van der Waals surface area contributed by atoms with Gasteiger partial charge in [0.05, 0.1) is 5.69 Å². The van der Waals surface area contributed by atoms with E-state index in [1.54, 1.807) is 17.0 Å². The third-order valence-corrected chi connectivity index (χ3v) is 5.79. The summed E-state index contributed by atoms with van der Waals surface area (Å²) in [5, 5.41) is 0. The number of nitrogens with two attached hydrogens (primary N) is 1. The second-order valence-electron chi connectivity index (χ2n) is 8.97. The molecule has 2 N–H and O–H groups in total. The van der Waals surface area contributed by atoms with Gasteiger partial charge in [0.15, 0.2) is 0 Å². The molecule has 1 amide bonds. The van der Waals surface area contributed by atoms with E-state index in [4.69, 9.17) is 10.5 Å². The molecule has 0 aromatic heterocycles. The van der Waals surface area contributed by atoms with Crippen molar-refractivity contribution in [3.63, 3.8) is 0 Å². The first-order chi connectivity index (χ1) is 13.1. The minimum Gasteiger partial charge on any atom is -0.444 e. The van der Waals surface area contributed by atoms with E-state index in [1.165, 1.54) is 6.07 Å². The first kappa shape index (κ1) is 20.7. The zero-order valence-corrected chi connectivity index (χ0v) is 17.0. The summed E-state index contributed by atoms with van der Waals surface area (Å²) in [6.45, 7) is 7.46. The SMILES string of the molecule is CC(C)(C)OC(=O)N1CCC(F)(C2CCN(c3ccc(N)cc3F)CC2)CC1. The van der Waals surface area contributed by atoms with Crippen molar-refractivity contribution in [3.8, 4) is 0 Å². The molecule has 0 radical (unpaired) electrons. The number of carbonyl (C=O) groups is 1. The molecule has 2 saturated heterocycles. The lowest BCUT2D eigenvalue weighted by Crippen LogP contribution is -2.51. The molecular weight excluding hydrogens is 364 g/mol. The summed E-state index contributed by atoms with van der Waals surface area (Å²) < 4.78 is 35.1. The van der Waals surface area contributed by atoms with Gasteiger partial charge in [0.2, 0.25) is 0 Å². The summed E-state index contributed by atoms with van der Waals surface area (Å²) in [6, 6.07) is 4.70. The largest absolute Gasteiger partial charge is 0.444 e. The zero-order chi connectivity index (χ0) is 20.5. The summed E-state index contributed by atoms with van der Waals surface area (Å²) in [4.78, 5) is 15.7. The Hall–Kier alpha value is -2.05. The molecule has 156 valence electrons. The van der Waals surface area contributed by atoms with Gasteiger partial charge < -0.3 is 20.3 Å². The number of halogens is 2. The van der Waals surface area contributed by atoms with Crippen molar-refractivity contribution in [2.24, 2.45) is 5.92 Å². The molecule has 0 spiro atoms. The number of benzene rings is 1. The van der Waals surface area contributed by atoms with Crippen LogP contribution in [0.3, 0.4) is 0 Å². The summed E-state index contributed by atoms with van der Waals surface area (Å²) in [5.41, 5.74) is 4.72. The zero-order valence-electron chi connectivity index (χ0n) is 17.0. The van der Waals surface area contributed by atoms with Crippen LogP contribution >= 0.6 is 0 Å². The molecule has 3 rings (SSSR count). The average Bonchev–Trinajstić information content (AvgIpc) is 2.61. The first-order valence-electron chi connectivity index (χ1n) is 10.0. The molecule has 1 aromatic carbocycles. The minimum absolute atomic E-state index is 0.0682. The van der Waals surface area contributed by atoms with Gasteiger partial charge in [-0.25, -0.2) is 13.6 Å². The fourth-order valence-electron chi connectivity index (χ4n) is 4.21. The van der Waals surface area contributed by atoms with Gasteiger partial charge in [0, 0.05) is 31.9 Å². The molecule has 1 aromatic rings. The van der Waals surface area contributed by atoms with Gasteiger partial charge in [-0.1, -0.05) is 0 Å². The Bertz CT molecular complexity index is 704. The first-order valence-corrected chi connectivity index (χ1v) is 10.0. The van der Waals surface area contributed by atoms with E-state index >= 15 is 4.39 Å². The molecule has 2 fully saturated rings. The van der Waals surface area contributed by atoms with Gasteiger partial charge in [-0.05, 0) is 70.6 Å². The number of anilines is 2. The smallest absolute Gasteiger partial charge is 0.410 e. The second-order valence-corrected chi connectivity index (χ2v) is 8.97. The molecule has 0 atom stereocenters. The van der Waals surface area contributed by atoms with Crippen molar-refractivity contribution in [1.29, 1.82) is 0 Å². The van der Waals surface area contributed by atoms with Crippen molar-refractivity contribution in [2.75, 3.05) is 36.8 Å². The fourth-order valence-corrected chi connectivity index (χ4v) is 4.21. The lowest BCUT2D eigenvalue weighted by atomic mass is 9.76. The van der Waals surface area contributed by atoms with Gasteiger partial charge in [-0.15, -0.1) is 0 Å². The highest BCUT2D eigenvalue weighted by atomic mass is 19.1. The van der Waals surface area contributed by atoms with Gasteiger partial charge in [0.25, 0.3) is 0 Å². The predicted octanol–water partition coefficient (Wildman–Crippen LogP) is 4.36. The molecule has 0 bridgehead atoms. The number of nitrogens with zero attached hydrogens (tertiary/aromatic N) is 2. The number of alkyl halides is 1. The summed E-state index contributed by atoms with van der Waals surface area (Å²) in [5.74, 6) is -0.402. The molecule has 5 nitrogen and oxygen atoms in total. The molecule has 0 unspecified atom stereocenters. The number of ether oxygens (including phenoxy) is 1. The molecule has 2 aliphatic heterocycles. The Morgan fingerprint density at radius 3 is 2.32 bits per heavy atom. The summed E-state index contributed by atoms with van der Waals surface area (Å²) >= 11 is 0. The maximum absolute atomic E-state index is 15.6. The van der Waals surface area contributed by atoms with E-state index in [2.05, 4.69) is 0 Å². The predicted molar refractivity (Wildman–Crippen MR) is 107 cm³/mol. The maximum Gasteiger partial charge on any atom is 0.410 e. The molecule has 7 heteroatoms. The number of rotatable bonds is 2. The average molecular weight is 395 g/mol. The van der Waals surface area contributed by atoms with E-state index in [0.717, 1.165) is 0 Å². The van der Waals surface area contributed by atoms with E-state index in [9.17, 15) is 9.18 Å². The maximum atomic E-state index is 15.6. The van der Waals surface area contributed by atoms with Crippen LogP contribution in [-0.2, 0) is 4.74 Å². The van der Waals surface area contributed by atoms with Crippen LogP contribution in [0.25, 0.3) is 0 Å². The third-order valence-electron chi connectivity index (χ3n) is 5.79. The molecule has 0 saturated carbocycles. The third kappa shape index (κ3) is 4.67. The number of amides is 1. The minimum atomic E-state index is -1.27. The van der Waals surface area contributed by atoms with Crippen LogP contribution in [-0.4, -0.2) is 48.4 Å². The van der Waals surface area contributed by atoms with Crippen LogP contribution in [0.5, 0.6) is 0 Å². The van der Waals surface area contributed by atoms with Gasteiger partial charge in [-0.2, -0.15) is 0 Å².